The summed E-state index contributed by atoms with van der Waals surface area (Å²) in [7, 11) is -3.71. The molecule has 0 atom stereocenters. The van der Waals surface area contributed by atoms with Gasteiger partial charge in [0.2, 0.25) is 0 Å². The van der Waals surface area contributed by atoms with Gasteiger partial charge in [-0.15, -0.1) is 0 Å². The zero-order chi connectivity index (χ0) is 14.7. The predicted octanol–water partition coefficient (Wildman–Crippen LogP) is 0.0903. The highest BCUT2D eigenvalue weighted by atomic mass is 32.2. The van der Waals surface area contributed by atoms with Crippen LogP contribution in [0.1, 0.15) is 33.6 Å². The lowest BCUT2D eigenvalue weighted by Gasteiger charge is -2.33. The summed E-state index contributed by atoms with van der Waals surface area (Å²) in [6, 6.07) is 0. The van der Waals surface area contributed by atoms with Gasteiger partial charge >= 0.3 is 5.97 Å². The van der Waals surface area contributed by atoms with Gasteiger partial charge in [0.15, 0.2) is 0 Å². The van der Waals surface area contributed by atoms with Crippen molar-refractivity contribution in [2.75, 3.05) is 19.8 Å². The minimum Gasteiger partial charge on any atom is -0.481 e. The van der Waals surface area contributed by atoms with E-state index >= 15 is 0 Å². The van der Waals surface area contributed by atoms with Crippen molar-refractivity contribution < 1.29 is 23.1 Å². The number of hydrogen-bond donors (Lipinski definition) is 3. The minimum atomic E-state index is -3.71. The molecule has 0 aromatic carbocycles. The molecule has 1 saturated heterocycles. The van der Waals surface area contributed by atoms with Crippen molar-refractivity contribution in [3.8, 4) is 0 Å². The maximum Gasteiger partial charge on any atom is 0.311 e. The van der Waals surface area contributed by atoms with E-state index in [4.69, 9.17) is 4.74 Å². The van der Waals surface area contributed by atoms with Gasteiger partial charge in [0.1, 0.15) is 0 Å². The van der Waals surface area contributed by atoms with Crippen LogP contribution in [0.4, 0.5) is 0 Å². The molecule has 3 N–H and O–H groups in total. The van der Waals surface area contributed by atoms with Crippen LogP contribution in [-0.4, -0.2) is 44.8 Å². The lowest BCUT2D eigenvalue weighted by atomic mass is 9.80. The van der Waals surface area contributed by atoms with Crippen LogP contribution in [0.25, 0.3) is 0 Å². The van der Waals surface area contributed by atoms with Crippen LogP contribution >= 0.6 is 0 Å². The maximum absolute atomic E-state index is 11.8. The number of rotatable bonds is 5. The lowest BCUT2D eigenvalue weighted by Crippen LogP contribution is -2.52. The number of ether oxygens (including phenoxy) is 1. The van der Waals surface area contributed by atoms with E-state index in [9.17, 15) is 18.3 Å². The molecule has 8 heteroatoms. The highest BCUT2D eigenvalue weighted by molar-refractivity contribution is 7.87. The van der Waals surface area contributed by atoms with Crippen molar-refractivity contribution in [2.45, 2.75) is 39.2 Å². The average molecular weight is 294 g/mol. The average Bonchev–Trinajstić information content (AvgIpc) is 2.24. The van der Waals surface area contributed by atoms with E-state index < -0.39 is 27.1 Å². The lowest BCUT2D eigenvalue weighted by molar-refractivity contribution is -0.154. The molecular weight excluding hydrogens is 272 g/mol. The van der Waals surface area contributed by atoms with Crippen molar-refractivity contribution >= 4 is 16.2 Å². The molecule has 0 bridgehead atoms. The first-order valence-electron chi connectivity index (χ1n) is 6.16. The van der Waals surface area contributed by atoms with Crippen LogP contribution in [0.15, 0.2) is 0 Å². The third-order valence-corrected chi connectivity index (χ3v) is 4.35. The number of aliphatic carboxylic acids is 1. The van der Waals surface area contributed by atoms with Gasteiger partial charge in [-0.05, 0) is 33.6 Å². The van der Waals surface area contributed by atoms with Crippen molar-refractivity contribution in [3.63, 3.8) is 0 Å². The molecule has 112 valence electrons. The second-order valence-corrected chi connectivity index (χ2v) is 7.37. The molecule has 7 nitrogen and oxygen atoms in total. The van der Waals surface area contributed by atoms with E-state index in [1.54, 1.807) is 20.8 Å². The smallest absolute Gasteiger partial charge is 0.311 e. The maximum atomic E-state index is 11.8. The summed E-state index contributed by atoms with van der Waals surface area (Å²) in [4.78, 5) is 11.4. The molecular formula is C11H22N2O5S. The van der Waals surface area contributed by atoms with E-state index in [0.717, 1.165) is 0 Å². The van der Waals surface area contributed by atoms with E-state index in [1.807, 2.05) is 0 Å². The summed E-state index contributed by atoms with van der Waals surface area (Å²) in [5, 5.41) is 9.31. The Hall–Kier alpha value is -0.700. The first-order valence-corrected chi connectivity index (χ1v) is 7.64. The molecule has 0 saturated carbocycles. The van der Waals surface area contributed by atoms with Gasteiger partial charge in [-0.2, -0.15) is 13.1 Å². The summed E-state index contributed by atoms with van der Waals surface area (Å²) in [5.74, 6) is -0.991. The highest BCUT2D eigenvalue weighted by Gasteiger charge is 2.41. The molecule has 19 heavy (non-hydrogen) atoms. The minimum absolute atomic E-state index is 0.128. The number of carbonyl (C=O) groups is 1. The van der Waals surface area contributed by atoms with Crippen molar-refractivity contribution in [1.82, 2.24) is 9.44 Å². The van der Waals surface area contributed by atoms with Crippen molar-refractivity contribution in [3.05, 3.63) is 0 Å². The van der Waals surface area contributed by atoms with Crippen LogP contribution in [-0.2, 0) is 19.7 Å². The topological polar surface area (TPSA) is 105 Å². The number of nitrogens with one attached hydrogen (secondary N) is 2. The fourth-order valence-electron chi connectivity index (χ4n) is 1.90. The molecule has 0 aromatic heterocycles. The monoisotopic (exact) mass is 294 g/mol. The van der Waals surface area contributed by atoms with Crippen LogP contribution in [0, 0.1) is 5.41 Å². The third kappa shape index (κ3) is 5.06. The van der Waals surface area contributed by atoms with Crippen LogP contribution in [0.5, 0.6) is 0 Å². The number of hydrogen-bond acceptors (Lipinski definition) is 4. The second kappa shape index (κ2) is 5.74. The van der Waals surface area contributed by atoms with Gasteiger partial charge in [-0.25, -0.2) is 4.72 Å². The molecule has 0 radical (unpaired) electrons. The van der Waals surface area contributed by atoms with Crippen LogP contribution in [0.2, 0.25) is 0 Å². The Morgan fingerprint density at radius 3 is 2.26 bits per heavy atom. The van der Waals surface area contributed by atoms with Crippen LogP contribution < -0.4 is 9.44 Å². The Bertz CT molecular complexity index is 421. The first-order chi connectivity index (χ1) is 8.56. The molecule has 1 rings (SSSR count). The van der Waals surface area contributed by atoms with E-state index in [0.29, 0.717) is 26.1 Å². The molecule has 0 unspecified atom stereocenters. The van der Waals surface area contributed by atoms with E-state index in [1.165, 1.54) is 0 Å². The zero-order valence-corrected chi connectivity index (χ0v) is 12.3. The van der Waals surface area contributed by atoms with Crippen molar-refractivity contribution in [2.24, 2.45) is 5.41 Å². The number of carboxylic acid groups (broad SMARTS) is 1. The van der Waals surface area contributed by atoms with Crippen LogP contribution in [0.3, 0.4) is 0 Å². The van der Waals surface area contributed by atoms with Gasteiger partial charge in [-0.3, -0.25) is 4.79 Å². The third-order valence-electron chi connectivity index (χ3n) is 2.94. The van der Waals surface area contributed by atoms with Crippen molar-refractivity contribution in [1.29, 1.82) is 0 Å². The fraction of sp³-hybridized carbons (Fsp3) is 0.909. The SMILES string of the molecule is CC(C)(C)NS(=O)(=O)NCC1(C(=O)O)CCOCC1. The van der Waals surface area contributed by atoms with Gasteiger partial charge in [0.05, 0.1) is 5.41 Å². The molecule has 0 aromatic rings. The molecule has 0 aliphatic carbocycles. The molecule has 0 amide bonds. The Kier molecular flexibility index (Phi) is 4.94. The molecule has 1 aliphatic rings. The quantitative estimate of drug-likeness (QED) is 0.666. The summed E-state index contributed by atoms with van der Waals surface area (Å²) in [6.07, 6.45) is 0.612. The van der Waals surface area contributed by atoms with Gasteiger partial charge < -0.3 is 9.84 Å². The fourth-order valence-corrected chi connectivity index (χ4v) is 3.25. The summed E-state index contributed by atoms with van der Waals surface area (Å²) in [5.41, 5.74) is -1.69. The second-order valence-electron chi connectivity index (χ2n) is 5.87. The molecule has 1 heterocycles. The molecule has 1 aliphatic heterocycles. The summed E-state index contributed by atoms with van der Waals surface area (Å²) in [6.45, 7) is 5.69. The zero-order valence-electron chi connectivity index (χ0n) is 11.5. The summed E-state index contributed by atoms with van der Waals surface area (Å²) < 4.78 is 33.5. The van der Waals surface area contributed by atoms with E-state index in [-0.39, 0.29) is 6.54 Å². The number of carboxylic acids is 1. The highest BCUT2D eigenvalue weighted by Crippen LogP contribution is 2.30. The normalized spacial score (nSPS) is 20.2. The van der Waals surface area contributed by atoms with Gasteiger partial charge in [0.25, 0.3) is 10.2 Å². The molecule has 1 fully saturated rings. The standard InChI is InChI=1S/C11H22N2O5S/c1-10(2,3)13-19(16,17)12-8-11(9(14)15)4-6-18-7-5-11/h12-13H,4-8H2,1-3H3,(H,14,15). The predicted molar refractivity (Wildman–Crippen MR) is 69.9 cm³/mol. The first kappa shape index (κ1) is 16.4. The Morgan fingerprint density at radius 2 is 1.84 bits per heavy atom. The van der Waals surface area contributed by atoms with Gasteiger partial charge in [0, 0.05) is 25.3 Å². The Balaban J connectivity index is 2.69. The Labute approximate surface area is 113 Å². The largest absolute Gasteiger partial charge is 0.481 e. The molecule has 0 spiro atoms. The summed E-state index contributed by atoms with van der Waals surface area (Å²) >= 11 is 0. The van der Waals surface area contributed by atoms with Gasteiger partial charge in [-0.1, -0.05) is 0 Å². The Morgan fingerprint density at radius 1 is 1.32 bits per heavy atom. The van der Waals surface area contributed by atoms with E-state index in [2.05, 4.69) is 9.44 Å².